The summed E-state index contributed by atoms with van der Waals surface area (Å²) in [5.74, 6) is -0.858. The molecule has 0 aliphatic heterocycles. The van der Waals surface area contributed by atoms with Crippen LogP contribution in [0.2, 0.25) is 0 Å². The fraction of sp³-hybridized carbons (Fsp3) is 0.120. The van der Waals surface area contributed by atoms with Crippen molar-refractivity contribution in [3.63, 3.8) is 0 Å². The molecular formula is C25H20FN3O3S. The molecule has 1 N–H and O–H groups in total. The number of halogens is 1. The number of nitrogens with zero attached hydrogens (tertiary/aromatic N) is 2. The van der Waals surface area contributed by atoms with Crippen molar-refractivity contribution in [1.29, 1.82) is 0 Å². The van der Waals surface area contributed by atoms with E-state index in [2.05, 4.69) is 10.3 Å². The van der Waals surface area contributed by atoms with Gasteiger partial charge in [-0.2, -0.15) is 0 Å². The molecule has 0 atom stereocenters. The van der Waals surface area contributed by atoms with Crippen LogP contribution >= 0.6 is 11.8 Å². The first kappa shape index (κ1) is 22.4. The van der Waals surface area contributed by atoms with Crippen molar-refractivity contribution >= 4 is 40.0 Å². The molecule has 0 aliphatic carbocycles. The van der Waals surface area contributed by atoms with Crippen LogP contribution in [0.5, 0.6) is 0 Å². The maximum absolute atomic E-state index is 14.6. The molecule has 4 rings (SSSR count). The summed E-state index contributed by atoms with van der Waals surface area (Å²) >= 11 is 1.07. The molecule has 0 spiro atoms. The number of anilines is 1. The van der Waals surface area contributed by atoms with Gasteiger partial charge < -0.3 is 5.32 Å². The van der Waals surface area contributed by atoms with E-state index in [9.17, 15) is 18.8 Å². The third-order valence-electron chi connectivity index (χ3n) is 4.98. The van der Waals surface area contributed by atoms with Crippen molar-refractivity contribution in [2.45, 2.75) is 18.5 Å². The third kappa shape index (κ3) is 4.85. The van der Waals surface area contributed by atoms with Crippen LogP contribution in [0.3, 0.4) is 0 Å². The molecule has 33 heavy (non-hydrogen) atoms. The Bertz CT molecular complexity index is 1400. The minimum atomic E-state index is -0.561. The molecule has 0 saturated carbocycles. The number of benzene rings is 3. The molecule has 3 aromatic carbocycles. The molecular weight excluding hydrogens is 441 g/mol. The Hall–Kier alpha value is -3.78. The standard InChI is InChI=1S/C25H20FN3O3S/c1-2-23(31)27-17-13-11-16(12-14-17)22(30)15-33-25-28-20-9-5-3-7-18(20)24(32)29(25)21-10-6-4-8-19(21)26/h3-14H,2,15H2,1H3,(H,27,31). The number of aromatic nitrogens is 2. The van der Waals surface area contributed by atoms with Crippen LogP contribution in [0.1, 0.15) is 23.7 Å². The molecule has 0 aliphatic rings. The number of para-hydroxylation sites is 2. The second kappa shape index (κ2) is 9.79. The van der Waals surface area contributed by atoms with E-state index in [0.717, 1.165) is 11.8 Å². The minimum absolute atomic E-state index is 0.000101. The molecule has 8 heteroatoms. The molecule has 1 amide bonds. The van der Waals surface area contributed by atoms with Crippen LogP contribution in [0, 0.1) is 5.82 Å². The summed E-state index contributed by atoms with van der Waals surface area (Å²) in [7, 11) is 0. The predicted molar refractivity (Wildman–Crippen MR) is 128 cm³/mol. The highest BCUT2D eigenvalue weighted by molar-refractivity contribution is 7.99. The Morgan fingerprint density at radius 1 is 1.00 bits per heavy atom. The molecule has 0 saturated heterocycles. The van der Waals surface area contributed by atoms with Gasteiger partial charge in [-0.25, -0.2) is 9.37 Å². The van der Waals surface area contributed by atoms with Crippen molar-refractivity contribution in [1.82, 2.24) is 9.55 Å². The number of nitrogens with one attached hydrogen (secondary N) is 1. The van der Waals surface area contributed by atoms with E-state index in [1.807, 2.05) is 0 Å². The number of rotatable bonds is 7. The Morgan fingerprint density at radius 2 is 1.70 bits per heavy atom. The van der Waals surface area contributed by atoms with E-state index in [-0.39, 0.29) is 28.3 Å². The lowest BCUT2D eigenvalue weighted by molar-refractivity contribution is -0.115. The van der Waals surface area contributed by atoms with Gasteiger partial charge in [-0.3, -0.25) is 19.0 Å². The van der Waals surface area contributed by atoms with Gasteiger partial charge in [0.15, 0.2) is 10.9 Å². The first-order valence-electron chi connectivity index (χ1n) is 10.3. The van der Waals surface area contributed by atoms with Crippen molar-refractivity contribution in [2.75, 3.05) is 11.1 Å². The molecule has 0 bridgehead atoms. The Balaban J connectivity index is 1.64. The average Bonchev–Trinajstić information content (AvgIpc) is 2.84. The highest BCUT2D eigenvalue weighted by atomic mass is 32.2. The lowest BCUT2D eigenvalue weighted by Crippen LogP contribution is -2.23. The number of hydrogen-bond donors (Lipinski definition) is 1. The number of carbonyl (C=O) groups excluding carboxylic acids is 2. The third-order valence-corrected chi connectivity index (χ3v) is 5.92. The Labute approximate surface area is 193 Å². The van der Waals surface area contributed by atoms with Gasteiger partial charge in [0.25, 0.3) is 5.56 Å². The Kier molecular flexibility index (Phi) is 6.65. The van der Waals surface area contributed by atoms with Crippen LogP contribution in [-0.2, 0) is 4.79 Å². The van der Waals surface area contributed by atoms with Crippen LogP contribution < -0.4 is 10.9 Å². The second-order valence-corrected chi connectivity index (χ2v) is 8.14. The number of amides is 1. The second-order valence-electron chi connectivity index (χ2n) is 7.19. The van der Waals surface area contributed by atoms with E-state index in [1.54, 1.807) is 67.6 Å². The van der Waals surface area contributed by atoms with Gasteiger partial charge in [-0.1, -0.05) is 43.0 Å². The molecule has 6 nitrogen and oxygen atoms in total. The number of hydrogen-bond acceptors (Lipinski definition) is 5. The summed E-state index contributed by atoms with van der Waals surface area (Å²) in [5, 5.41) is 3.32. The first-order chi connectivity index (χ1) is 16.0. The summed E-state index contributed by atoms with van der Waals surface area (Å²) in [6.07, 6.45) is 0.361. The largest absolute Gasteiger partial charge is 0.326 e. The number of ketones is 1. The lowest BCUT2D eigenvalue weighted by Gasteiger charge is -2.13. The molecule has 4 aromatic rings. The van der Waals surface area contributed by atoms with Gasteiger partial charge in [0.1, 0.15) is 5.82 Å². The van der Waals surface area contributed by atoms with Crippen LogP contribution in [0.4, 0.5) is 10.1 Å². The minimum Gasteiger partial charge on any atom is -0.326 e. The fourth-order valence-corrected chi connectivity index (χ4v) is 4.16. The number of thioether (sulfide) groups is 1. The number of Topliss-reactive ketones (excluding diaryl/α,β-unsaturated/α-hetero) is 1. The van der Waals surface area contributed by atoms with Crippen LogP contribution in [-0.4, -0.2) is 27.0 Å². The van der Waals surface area contributed by atoms with E-state index in [4.69, 9.17) is 0 Å². The van der Waals surface area contributed by atoms with E-state index in [0.29, 0.717) is 28.6 Å². The zero-order valence-corrected chi connectivity index (χ0v) is 18.6. The van der Waals surface area contributed by atoms with E-state index in [1.165, 1.54) is 16.7 Å². The van der Waals surface area contributed by atoms with Gasteiger partial charge in [0.05, 0.1) is 22.3 Å². The van der Waals surface area contributed by atoms with E-state index < -0.39 is 11.4 Å². The van der Waals surface area contributed by atoms with Crippen LogP contribution in [0.25, 0.3) is 16.6 Å². The Morgan fingerprint density at radius 3 is 2.42 bits per heavy atom. The smallest absolute Gasteiger partial charge is 0.266 e. The highest BCUT2D eigenvalue weighted by Gasteiger charge is 2.17. The zero-order chi connectivity index (χ0) is 23.4. The highest BCUT2D eigenvalue weighted by Crippen LogP contribution is 2.24. The average molecular weight is 462 g/mol. The molecule has 1 heterocycles. The summed E-state index contributed by atoms with van der Waals surface area (Å²) in [6, 6.07) is 19.4. The monoisotopic (exact) mass is 461 g/mol. The normalized spacial score (nSPS) is 10.8. The maximum atomic E-state index is 14.6. The zero-order valence-electron chi connectivity index (χ0n) is 17.7. The number of fused-ring (bicyclic) bond motifs is 1. The van der Waals surface area contributed by atoms with Crippen molar-refractivity contribution in [3.8, 4) is 5.69 Å². The fourth-order valence-electron chi connectivity index (χ4n) is 3.26. The quantitative estimate of drug-likeness (QED) is 0.242. The summed E-state index contributed by atoms with van der Waals surface area (Å²) in [4.78, 5) is 42.0. The molecule has 0 unspecified atom stereocenters. The topological polar surface area (TPSA) is 81.1 Å². The van der Waals surface area contributed by atoms with Gasteiger partial charge >= 0.3 is 0 Å². The van der Waals surface area contributed by atoms with Crippen molar-refractivity contribution in [3.05, 3.63) is 94.5 Å². The SMILES string of the molecule is CCC(=O)Nc1ccc(C(=O)CSc2nc3ccccc3c(=O)n2-c2ccccc2F)cc1. The van der Waals surface area contributed by atoms with Crippen LogP contribution in [0.15, 0.2) is 82.7 Å². The first-order valence-corrected chi connectivity index (χ1v) is 11.3. The van der Waals surface area contributed by atoms with Gasteiger partial charge in [-0.05, 0) is 48.5 Å². The summed E-state index contributed by atoms with van der Waals surface area (Å²) < 4.78 is 15.8. The van der Waals surface area contributed by atoms with Gasteiger partial charge in [0, 0.05) is 17.7 Å². The maximum Gasteiger partial charge on any atom is 0.266 e. The summed E-state index contributed by atoms with van der Waals surface area (Å²) in [6.45, 7) is 1.76. The lowest BCUT2D eigenvalue weighted by atomic mass is 10.1. The molecule has 0 radical (unpaired) electrons. The van der Waals surface area contributed by atoms with Crippen molar-refractivity contribution in [2.24, 2.45) is 0 Å². The van der Waals surface area contributed by atoms with Gasteiger partial charge in [-0.15, -0.1) is 0 Å². The molecule has 1 aromatic heterocycles. The number of carbonyl (C=O) groups is 2. The van der Waals surface area contributed by atoms with Crippen molar-refractivity contribution < 1.29 is 14.0 Å². The van der Waals surface area contributed by atoms with E-state index >= 15 is 0 Å². The van der Waals surface area contributed by atoms with Gasteiger partial charge in [0.2, 0.25) is 5.91 Å². The molecule has 0 fully saturated rings. The predicted octanol–water partition coefficient (Wildman–Crippen LogP) is 4.85. The summed E-state index contributed by atoms with van der Waals surface area (Å²) in [5.41, 5.74) is 1.21. The molecule has 166 valence electrons.